The molecule has 1 aromatic carbocycles. The third-order valence-corrected chi connectivity index (χ3v) is 6.25. The Morgan fingerprint density at radius 1 is 0.949 bits per heavy atom. The van der Waals surface area contributed by atoms with Crippen LogP contribution < -0.4 is 16.4 Å². The molecule has 9 nitrogen and oxygen atoms in total. The quantitative estimate of drug-likeness (QED) is 0.331. The number of carbonyl (C=O) groups is 4. The molecule has 0 fully saturated rings. The van der Waals surface area contributed by atoms with Gasteiger partial charge in [-0.1, -0.05) is 37.6 Å². The molecule has 0 spiro atoms. The first kappa shape index (κ1) is 33.9. The van der Waals surface area contributed by atoms with Crippen LogP contribution in [0, 0.1) is 19.8 Å². The van der Waals surface area contributed by atoms with E-state index in [2.05, 4.69) is 24.5 Å². The van der Waals surface area contributed by atoms with Crippen molar-refractivity contribution < 1.29 is 23.9 Å². The van der Waals surface area contributed by atoms with Gasteiger partial charge in [-0.3, -0.25) is 14.4 Å². The number of primary amides is 1. The Morgan fingerprint density at radius 3 is 2.08 bits per heavy atom. The number of carbonyl (C=O) groups excluding carboxylic acids is 4. The van der Waals surface area contributed by atoms with Crippen LogP contribution in [0.25, 0.3) is 0 Å². The smallest absolute Gasteiger partial charge is 0.408 e. The summed E-state index contributed by atoms with van der Waals surface area (Å²) < 4.78 is 5.41. The van der Waals surface area contributed by atoms with Crippen molar-refractivity contribution in [2.75, 3.05) is 0 Å². The molecule has 39 heavy (non-hydrogen) atoms. The summed E-state index contributed by atoms with van der Waals surface area (Å²) in [5.41, 5.74) is 7.16. The summed E-state index contributed by atoms with van der Waals surface area (Å²) in [7, 11) is 0. The van der Waals surface area contributed by atoms with Crippen molar-refractivity contribution in [3.05, 3.63) is 34.9 Å². The van der Waals surface area contributed by atoms with Crippen LogP contribution in [-0.2, 0) is 19.1 Å². The zero-order chi connectivity index (χ0) is 30.1. The van der Waals surface area contributed by atoms with Crippen LogP contribution in [-0.4, -0.2) is 52.4 Å². The average molecular weight is 547 g/mol. The Kier molecular flexibility index (Phi) is 13.0. The van der Waals surface area contributed by atoms with Crippen molar-refractivity contribution in [2.45, 2.75) is 125 Å². The van der Waals surface area contributed by atoms with Gasteiger partial charge in [0.15, 0.2) is 0 Å². The van der Waals surface area contributed by atoms with E-state index in [1.165, 1.54) is 0 Å². The first-order chi connectivity index (χ1) is 17.9. The third-order valence-electron chi connectivity index (χ3n) is 6.25. The van der Waals surface area contributed by atoms with Crippen LogP contribution >= 0.6 is 0 Å². The Hall–Kier alpha value is -3.10. The lowest BCUT2D eigenvalue weighted by molar-refractivity contribution is -0.145. The molecule has 3 unspecified atom stereocenters. The highest BCUT2D eigenvalue weighted by Crippen LogP contribution is 2.31. The maximum Gasteiger partial charge on any atom is 0.408 e. The van der Waals surface area contributed by atoms with Crippen LogP contribution in [0.15, 0.2) is 18.2 Å². The van der Waals surface area contributed by atoms with Gasteiger partial charge in [0.1, 0.15) is 17.7 Å². The molecular weight excluding hydrogens is 496 g/mol. The van der Waals surface area contributed by atoms with Crippen molar-refractivity contribution in [2.24, 2.45) is 11.7 Å². The zero-order valence-corrected chi connectivity index (χ0v) is 25.5. The molecule has 0 bridgehead atoms. The Bertz CT molecular complexity index is 1000. The highest BCUT2D eigenvalue weighted by Gasteiger charge is 2.39. The van der Waals surface area contributed by atoms with Crippen molar-refractivity contribution in [3.63, 3.8) is 0 Å². The van der Waals surface area contributed by atoms with Gasteiger partial charge in [0, 0.05) is 18.5 Å². The first-order valence-corrected chi connectivity index (χ1v) is 13.9. The normalized spacial score (nSPS) is 13.9. The van der Waals surface area contributed by atoms with E-state index in [0.717, 1.165) is 17.5 Å². The fourth-order valence-corrected chi connectivity index (χ4v) is 4.32. The largest absolute Gasteiger partial charge is 0.444 e. The summed E-state index contributed by atoms with van der Waals surface area (Å²) in [6, 6.07) is 3.26. The summed E-state index contributed by atoms with van der Waals surface area (Å²) in [5, 5.41) is 5.63. The lowest BCUT2D eigenvalue weighted by Crippen LogP contribution is -2.56. The summed E-state index contributed by atoms with van der Waals surface area (Å²) >= 11 is 0. The molecule has 0 aromatic heterocycles. The number of alkyl carbamates (subject to hydrolysis) is 1. The van der Waals surface area contributed by atoms with Crippen molar-refractivity contribution >= 4 is 23.8 Å². The van der Waals surface area contributed by atoms with E-state index in [-0.39, 0.29) is 30.8 Å². The minimum atomic E-state index is -1.12. The van der Waals surface area contributed by atoms with Crippen molar-refractivity contribution in [1.82, 2.24) is 15.5 Å². The SMILES string of the molecule is Cc1ccc(C)c(C(C(=O)NC(C)C)N(C(=O)C(CCC(N)=O)NC(=O)OC(C)(C)C)C(C)CCC(C)C)c1. The molecular formula is C30H50N4O5. The Morgan fingerprint density at radius 2 is 1.56 bits per heavy atom. The van der Waals surface area contributed by atoms with E-state index >= 15 is 0 Å². The lowest BCUT2D eigenvalue weighted by Gasteiger charge is -2.39. The van der Waals surface area contributed by atoms with Crippen LogP contribution in [0.1, 0.15) is 104 Å². The number of benzene rings is 1. The van der Waals surface area contributed by atoms with Gasteiger partial charge in [-0.25, -0.2) is 4.79 Å². The summed E-state index contributed by atoms with van der Waals surface area (Å²) in [6.07, 6.45) is 0.560. The average Bonchev–Trinajstić information content (AvgIpc) is 2.78. The molecule has 1 aromatic rings. The number of hydrogen-bond donors (Lipinski definition) is 3. The van der Waals surface area contributed by atoms with Gasteiger partial charge in [-0.05, 0) is 91.7 Å². The number of ether oxygens (including phenoxy) is 1. The molecule has 4 amide bonds. The fraction of sp³-hybridized carbons (Fsp3) is 0.667. The molecule has 0 heterocycles. The van der Waals surface area contributed by atoms with Gasteiger partial charge in [-0.2, -0.15) is 0 Å². The van der Waals surface area contributed by atoms with Gasteiger partial charge >= 0.3 is 6.09 Å². The predicted octanol–water partition coefficient (Wildman–Crippen LogP) is 4.68. The molecule has 220 valence electrons. The Labute approximate surface area is 234 Å². The van der Waals surface area contributed by atoms with Crippen LogP contribution in [0.5, 0.6) is 0 Å². The number of rotatable bonds is 13. The molecule has 0 saturated carbocycles. The second kappa shape index (κ2) is 14.9. The third kappa shape index (κ3) is 11.7. The van der Waals surface area contributed by atoms with E-state index in [1.54, 1.807) is 25.7 Å². The van der Waals surface area contributed by atoms with Gasteiger partial charge < -0.3 is 26.0 Å². The van der Waals surface area contributed by atoms with Crippen LogP contribution in [0.4, 0.5) is 4.79 Å². The number of amides is 4. The lowest BCUT2D eigenvalue weighted by atomic mass is 9.93. The van der Waals surface area contributed by atoms with E-state index < -0.39 is 35.6 Å². The molecule has 1 rings (SSSR count). The highest BCUT2D eigenvalue weighted by molar-refractivity contribution is 5.93. The highest BCUT2D eigenvalue weighted by atomic mass is 16.6. The zero-order valence-electron chi connectivity index (χ0n) is 25.5. The first-order valence-electron chi connectivity index (χ1n) is 13.9. The molecule has 0 aliphatic rings. The Balaban J connectivity index is 3.71. The van der Waals surface area contributed by atoms with Crippen LogP contribution in [0.3, 0.4) is 0 Å². The minimum absolute atomic E-state index is 0.0217. The number of nitrogens with two attached hydrogens (primary N) is 1. The topological polar surface area (TPSA) is 131 Å². The fourth-order valence-electron chi connectivity index (χ4n) is 4.32. The molecule has 3 atom stereocenters. The summed E-state index contributed by atoms with van der Waals surface area (Å²) in [6.45, 7) is 18.9. The van der Waals surface area contributed by atoms with Gasteiger partial charge in [0.2, 0.25) is 17.7 Å². The second-order valence-electron chi connectivity index (χ2n) is 12.2. The van der Waals surface area contributed by atoms with E-state index in [0.29, 0.717) is 17.9 Å². The minimum Gasteiger partial charge on any atom is -0.444 e. The van der Waals surface area contributed by atoms with Crippen LogP contribution in [0.2, 0.25) is 0 Å². The maximum atomic E-state index is 14.4. The maximum absolute atomic E-state index is 14.4. The standard InChI is InChI=1S/C30H50N4O5/c1-18(2)11-14-22(7)34(26(27(36)32-19(3)4)23-17-20(5)12-13-21(23)6)28(37)24(15-16-25(31)35)33-29(38)39-30(8,9)10/h12-13,17-19,22,24,26H,11,14-16H2,1-10H3,(H2,31,35)(H,32,36)(H,33,38). The van der Waals surface area contributed by atoms with E-state index in [9.17, 15) is 19.2 Å². The number of aryl methyl sites for hydroxylation is 2. The molecule has 9 heteroatoms. The number of hydrogen-bond acceptors (Lipinski definition) is 5. The van der Waals surface area contributed by atoms with Gasteiger partial charge in [-0.15, -0.1) is 0 Å². The van der Waals surface area contributed by atoms with Crippen molar-refractivity contribution in [3.8, 4) is 0 Å². The van der Waals surface area contributed by atoms with Gasteiger partial charge in [0.05, 0.1) is 0 Å². The van der Waals surface area contributed by atoms with Gasteiger partial charge in [0.25, 0.3) is 0 Å². The van der Waals surface area contributed by atoms with E-state index in [1.807, 2.05) is 52.8 Å². The molecule has 4 N–H and O–H groups in total. The monoisotopic (exact) mass is 546 g/mol. The molecule has 0 aliphatic heterocycles. The number of nitrogens with zero attached hydrogens (tertiary/aromatic N) is 1. The number of nitrogens with one attached hydrogen (secondary N) is 2. The molecule has 0 radical (unpaired) electrons. The molecule has 0 saturated heterocycles. The second-order valence-corrected chi connectivity index (χ2v) is 12.2. The van der Waals surface area contributed by atoms with E-state index in [4.69, 9.17) is 10.5 Å². The molecule has 0 aliphatic carbocycles. The summed E-state index contributed by atoms with van der Waals surface area (Å²) in [4.78, 5) is 54.2. The predicted molar refractivity (Wildman–Crippen MR) is 154 cm³/mol. The summed E-state index contributed by atoms with van der Waals surface area (Å²) in [5.74, 6) is -0.988. The van der Waals surface area contributed by atoms with Crippen molar-refractivity contribution in [1.29, 1.82) is 0 Å².